The molecule has 0 unspecified atom stereocenters. The maximum atomic E-state index is 5.67. The summed E-state index contributed by atoms with van der Waals surface area (Å²) in [7, 11) is 0. The van der Waals surface area contributed by atoms with E-state index in [0.717, 1.165) is 35.1 Å². The highest BCUT2D eigenvalue weighted by molar-refractivity contribution is 7.80. The number of nitrogens with zero attached hydrogens (tertiary/aromatic N) is 1. The summed E-state index contributed by atoms with van der Waals surface area (Å²) in [5.41, 5.74) is 1.03. The molecule has 1 aromatic rings. The van der Waals surface area contributed by atoms with Crippen molar-refractivity contribution in [1.29, 1.82) is 0 Å². The Kier molecular flexibility index (Phi) is 6.05. The second kappa shape index (κ2) is 8.03. The van der Waals surface area contributed by atoms with E-state index in [1.54, 1.807) is 6.08 Å². The summed E-state index contributed by atoms with van der Waals surface area (Å²) >= 11 is 5.63. The quantitative estimate of drug-likeness (QED) is 0.588. The van der Waals surface area contributed by atoms with Crippen LogP contribution in [0.2, 0.25) is 0 Å². The Bertz CT molecular complexity index is 496. The summed E-state index contributed by atoms with van der Waals surface area (Å²) in [5, 5.41) is 0. The predicted octanol–water partition coefficient (Wildman–Crippen LogP) is 3.81. The van der Waals surface area contributed by atoms with Gasteiger partial charge in [0.1, 0.15) is 11.6 Å². The molecule has 0 amide bonds. The van der Waals surface area contributed by atoms with Gasteiger partial charge in [0.25, 0.3) is 0 Å². The van der Waals surface area contributed by atoms with Gasteiger partial charge in [0.05, 0.1) is 6.61 Å². The maximum Gasteiger partial charge on any atom is 0.161 e. The fourth-order valence-corrected chi connectivity index (χ4v) is 2.77. The minimum atomic E-state index is 0.468. The third-order valence-electron chi connectivity index (χ3n) is 3.49. The molecule has 0 spiro atoms. The second-order valence-electron chi connectivity index (χ2n) is 5.05. The summed E-state index contributed by atoms with van der Waals surface area (Å²) in [6.07, 6.45) is 5.47. The molecule has 0 N–H and O–H groups in total. The van der Waals surface area contributed by atoms with Crippen LogP contribution in [0, 0.1) is 0 Å². The van der Waals surface area contributed by atoms with Crippen molar-refractivity contribution in [2.45, 2.75) is 26.2 Å². The molecule has 0 aromatic heterocycles. The minimum Gasteiger partial charge on any atom is -0.490 e. The lowest BCUT2D eigenvalue weighted by atomic mass is 10.1. The van der Waals surface area contributed by atoms with Crippen LogP contribution in [0.1, 0.15) is 31.7 Å². The molecule has 1 aliphatic heterocycles. The van der Waals surface area contributed by atoms with Crippen molar-refractivity contribution >= 4 is 17.2 Å². The van der Waals surface area contributed by atoms with Gasteiger partial charge in [-0.15, -0.1) is 0 Å². The topological polar surface area (TPSA) is 21.7 Å². The predicted molar refractivity (Wildman–Crippen MR) is 90.4 cm³/mol. The first-order valence-electron chi connectivity index (χ1n) is 7.56. The summed E-state index contributed by atoms with van der Waals surface area (Å²) in [6.45, 7) is 8.81. The maximum absolute atomic E-state index is 5.67. The molecule has 21 heavy (non-hydrogen) atoms. The summed E-state index contributed by atoms with van der Waals surface area (Å²) < 4.78 is 11.3. The Balaban J connectivity index is 2.17. The molecular weight excluding hydrogens is 282 g/mol. The van der Waals surface area contributed by atoms with E-state index in [4.69, 9.17) is 21.7 Å². The zero-order valence-electron chi connectivity index (χ0n) is 12.6. The van der Waals surface area contributed by atoms with Crippen LogP contribution in [0.3, 0.4) is 0 Å². The number of hydrogen-bond donors (Lipinski definition) is 0. The van der Waals surface area contributed by atoms with Crippen LogP contribution in [-0.4, -0.2) is 36.2 Å². The first kappa shape index (κ1) is 15.8. The molecule has 114 valence electrons. The van der Waals surface area contributed by atoms with Gasteiger partial charge >= 0.3 is 0 Å². The number of ether oxygens (including phenoxy) is 2. The van der Waals surface area contributed by atoms with Gasteiger partial charge in [0.2, 0.25) is 0 Å². The van der Waals surface area contributed by atoms with Crippen LogP contribution < -0.4 is 9.47 Å². The molecule has 0 radical (unpaired) electrons. The smallest absolute Gasteiger partial charge is 0.161 e. The van der Waals surface area contributed by atoms with Gasteiger partial charge in [0.15, 0.2) is 11.5 Å². The van der Waals surface area contributed by atoms with Gasteiger partial charge in [-0.2, -0.15) is 0 Å². The molecule has 1 heterocycles. The van der Waals surface area contributed by atoms with Gasteiger partial charge in [-0.05, 0) is 44.4 Å². The molecule has 1 aliphatic rings. The summed E-state index contributed by atoms with van der Waals surface area (Å²) in [6, 6.07) is 5.93. The van der Waals surface area contributed by atoms with E-state index >= 15 is 0 Å². The van der Waals surface area contributed by atoms with E-state index in [-0.39, 0.29) is 0 Å². The molecule has 2 rings (SSSR count). The third-order valence-corrected chi connectivity index (χ3v) is 3.98. The molecule has 1 fully saturated rings. The highest BCUT2D eigenvalue weighted by Crippen LogP contribution is 2.29. The van der Waals surface area contributed by atoms with Crippen LogP contribution >= 0.6 is 12.2 Å². The number of piperidine rings is 1. The molecule has 0 atom stereocenters. The van der Waals surface area contributed by atoms with Crippen LogP contribution in [-0.2, 0) is 0 Å². The highest BCUT2D eigenvalue weighted by Gasteiger charge is 2.16. The summed E-state index contributed by atoms with van der Waals surface area (Å²) in [5.74, 6) is 1.48. The van der Waals surface area contributed by atoms with E-state index in [9.17, 15) is 0 Å². The number of thiocarbonyl (C=S) groups is 1. The van der Waals surface area contributed by atoms with Gasteiger partial charge < -0.3 is 14.4 Å². The van der Waals surface area contributed by atoms with Crippen LogP contribution in [0.5, 0.6) is 11.5 Å². The average Bonchev–Trinajstić information content (AvgIpc) is 2.54. The van der Waals surface area contributed by atoms with Gasteiger partial charge in [-0.3, -0.25) is 0 Å². The molecule has 0 saturated carbocycles. The highest BCUT2D eigenvalue weighted by atomic mass is 32.1. The molecule has 0 aliphatic carbocycles. The molecular formula is C17H23NO2S. The van der Waals surface area contributed by atoms with Crippen molar-refractivity contribution in [1.82, 2.24) is 4.90 Å². The third kappa shape index (κ3) is 4.21. The zero-order valence-corrected chi connectivity index (χ0v) is 13.5. The Morgan fingerprint density at radius 1 is 1.24 bits per heavy atom. The molecule has 4 heteroatoms. The van der Waals surface area contributed by atoms with E-state index < -0.39 is 0 Å². The van der Waals surface area contributed by atoms with Crippen molar-refractivity contribution in [3.05, 3.63) is 36.4 Å². The average molecular weight is 305 g/mol. The number of likely N-dealkylation sites (tertiary alicyclic amines) is 1. The SMILES string of the molecule is C=CCOc1ccc(C(=S)N2CCCCC2)cc1OCC. The number of hydrogen-bond acceptors (Lipinski definition) is 3. The molecule has 0 bridgehead atoms. The number of benzene rings is 1. The summed E-state index contributed by atoms with van der Waals surface area (Å²) in [4.78, 5) is 3.19. The van der Waals surface area contributed by atoms with E-state index in [0.29, 0.717) is 13.2 Å². The van der Waals surface area contributed by atoms with Crippen LogP contribution in [0.15, 0.2) is 30.9 Å². The van der Waals surface area contributed by atoms with Gasteiger partial charge in [-0.25, -0.2) is 0 Å². The van der Waals surface area contributed by atoms with E-state index in [2.05, 4.69) is 11.5 Å². The van der Waals surface area contributed by atoms with Crippen LogP contribution in [0.25, 0.3) is 0 Å². The van der Waals surface area contributed by atoms with Crippen molar-refractivity contribution in [2.75, 3.05) is 26.3 Å². The fraction of sp³-hybridized carbons (Fsp3) is 0.471. The van der Waals surface area contributed by atoms with Gasteiger partial charge in [-0.1, -0.05) is 24.9 Å². The largest absolute Gasteiger partial charge is 0.490 e. The molecule has 1 aromatic carbocycles. The van der Waals surface area contributed by atoms with E-state index in [1.807, 2.05) is 25.1 Å². The fourth-order valence-electron chi connectivity index (χ4n) is 2.46. The van der Waals surface area contributed by atoms with Crippen molar-refractivity contribution < 1.29 is 9.47 Å². The van der Waals surface area contributed by atoms with Crippen LogP contribution in [0.4, 0.5) is 0 Å². The van der Waals surface area contributed by atoms with Crippen molar-refractivity contribution in [2.24, 2.45) is 0 Å². The normalized spacial score (nSPS) is 14.6. The minimum absolute atomic E-state index is 0.468. The first-order chi connectivity index (χ1) is 10.3. The van der Waals surface area contributed by atoms with Crippen molar-refractivity contribution in [3.8, 4) is 11.5 Å². The second-order valence-corrected chi connectivity index (χ2v) is 5.43. The Hall–Kier alpha value is -1.55. The van der Waals surface area contributed by atoms with Crippen molar-refractivity contribution in [3.63, 3.8) is 0 Å². The monoisotopic (exact) mass is 305 g/mol. The first-order valence-corrected chi connectivity index (χ1v) is 7.97. The Morgan fingerprint density at radius 3 is 2.67 bits per heavy atom. The lowest BCUT2D eigenvalue weighted by Crippen LogP contribution is -2.34. The standard InChI is InChI=1S/C17H23NO2S/c1-3-12-20-15-9-8-14(13-16(15)19-4-2)17(21)18-10-6-5-7-11-18/h3,8-9,13H,1,4-7,10-12H2,2H3. The lowest BCUT2D eigenvalue weighted by Gasteiger charge is -2.29. The zero-order chi connectivity index (χ0) is 15.1. The molecule has 3 nitrogen and oxygen atoms in total. The van der Waals surface area contributed by atoms with Gasteiger partial charge in [0, 0.05) is 18.7 Å². The lowest BCUT2D eigenvalue weighted by molar-refractivity contribution is 0.296. The molecule has 1 saturated heterocycles. The Morgan fingerprint density at radius 2 is 2.00 bits per heavy atom. The Labute approximate surface area is 132 Å². The van der Waals surface area contributed by atoms with E-state index in [1.165, 1.54) is 19.3 Å². The number of rotatable bonds is 6.